The predicted molar refractivity (Wildman–Crippen MR) is 68.7 cm³/mol. The minimum atomic E-state index is 0.514. The van der Waals surface area contributed by atoms with E-state index in [4.69, 9.17) is 0 Å². The Bertz CT molecular complexity index is 315. The van der Waals surface area contributed by atoms with E-state index in [9.17, 15) is 0 Å². The highest BCUT2D eigenvalue weighted by molar-refractivity contribution is 5.19. The Morgan fingerprint density at radius 2 is 2.00 bits per heavy atom. The van der Waals surface area contributed by atoms with Gasteiger partial charge in [0.2, 0.25) is 0 Å². The van der Waals surface area contributed by atoms with Crippen molar-refractivity contribution >= 4 is 0 Å². The normalized spacial score (nSPS) is 13.4. The molecule has 1 N–H and O–H groups in total. The van der Waals surface area contributed by atoms with Gasteiger partial charge in [0, 0.05) is 18.3 Å². The number of aromatic nitrogens is 2. The van der Waals surface area contributed by atoms with Crippen LogP contribution in [-0.2, 0) is 19.4 Å². The van der Waals surface area contributed by atoms with Gasteiger partial charge in [0.15, 0.2) is 0 Å². The first-order chi connectivity index (χ1) is 7.58. The summed E-state index contributed by atoms with van der Waals surface area (Å²) >= 11 is 0. The molecule has 1 atom stereocenters. The zero-order valence-electron chi connectivity index (χ0n) is 11.2. The summed E-state index contributed by atoms with van der Waals surface area (Å²) in [6.45, 7) is 9.86. The topological polar surface area (TPSA) is 29.9 Å². The van der Waals surface area contributed by atoms with Gasteiger partial charge in [-0.3, -0.25) is 4.68 Å². The lowest BCUT2D eigenvalue weighted by atomic mass is 10.0. The third kappa shape index (κ3) is 3.34. The van der Waals surface area contributed by atoms with Crippen molar-refractivity contribution in [2.75, 3.05) is 7.05 Å². The zero-order valence-corrected chi connectivity index (χ0v) is 11.2. The van der Waals surface area contributed by atoms with Crippen molar-refractivity contribution < 1.29 is 0 Å². The first kappa shape index (κ1) is 13.2. The fourth-order valence-electron chi connectivity index (χ4n) is 1.95. The van der Waals surface area contributed by atoms with Gasteiger partial charge in [-0.25, -0.2) is 0 Å². The van der Waals surface area contributed by atoms with Gasteiger partial charge < -0.3 is 5.32 Å². The molecule has 16 heavy (non-hydrogen) atoms. The van der Waals surface area contributed by atoms with Crippen LogP contribution in [0.3, 0.4) is 0 Å². The second-order valence-electron chi connectivity index (χ2n) is 4.92. The number of hydrogen-bond acceptors (Lipinski definition) is 2. The minimum Gasteiger partial charge on any atom is -0.317 e. The average Bonchev–Trinajstić information content (AvgIpc) is 2.60. The lowest BCUT2D eigenvalue weighted by Crippen LogP contribution is -2.24. The largest absolute Gasteiger partial charge is 0.317 e. The van der Waals surface area contributed by atoms with E-state index in [1.807, 2.05) is 13.2 Å². The molecule has 0 fully saturated rings. The molecule has 1 aromatic rings. The molecule has 92 valence electrons. The zero-order chi connectivity index (χ0) is 12.1. The number of nitrogens with one attached hydrogen (secondary N) is 1. The summed E-state index contributed by atoms with van der Waals surface area (Å²) in [5, 5.41) is 7.75. The highest BCUT2D eigenvalue weighted by atomic mass is 15.3. The molecule has 0 amide bonds. The molecule has 1 aromatic heterocycles. The third-order valence-corrected chi connectivity index (χ3v) is 2.96. The summed E-state index contributed by atoms with van der Waals surface area (Å²) in [4.78, 5) is 0. The standard InChI is InChI=1S/C13H25N3/c1-6-16-13(7-10(2)3)12(9-15-16)8-11(4)14-5/h9-11,14H,6-8H2,1-5H3. The Labute approximate surface area is 99.2 Å². The molecule has 0 bridgehead atoms. The second-order valence-corrected chi connectivity index (χ2v) is 4.92. The Kier molecular flexibility index (Phi) is 5.00. The van der Waals surface area contributed by atoms with Crippen LogP contribution in [0.1, 0.15) is 39.0 Å². The quantitative estimate of drug-likeness (QED) is 0.801. The van der Waals surface area contributed by atoms with Crippen molar-refractivity contribution in [3.05, 3.63) is 17.5 Å². The van der Waals surface area contributed by atoms with Crippen molar-refractivity contribution in [2.24, 2.45) is 5.92 Å². The molecule has 0 saturated carbocycles. The Morgan fingerprint density at radius 1 is 1.31 bits per heavy atom. The monoisotopic (exact) mass is 223 g/mol. The van der Waals surface area contributed by atoms with E-state index >= 15 is 0 Å². The Balaban J connectivity index is 2.86. The SMILES string of the molecule is CCn1ncc(CC(C)NC)c1CC(C)C. The summed E-state index contributed by atoms with van der Waals surface area (Å²) in [6.07, 6.45) is 4.23. The Hall–Kier alpha value is -0.830. The molecule has 0 radical (unpaired) electrons. The molecule has 3 heteroatoms. The number of rotatable bonds is 6. The molecule has 1 rings (SSSR count). The van der Waals surface area contributed by atoms with Gasteiger partial charge in [-0.1, -0.05) is 13.8 Å². The summed E-state index contributed by atoms with van der Waals surface area (Å²) in [7, 11) is 2.01. The van der Waals surface area contributed by atoms with Gasteiger partial charge in [-0.05, 0) is 45.2 Å². The summed E-state index contributed by atoms with van der Waals surface area (Å²) < 4.78 is 2.14. The van der Waals surface area contributed by atoms with E-state index < -0.39 is 0 Å². The second kappa shape index (κ2) is 6.04. The molecule has 0 aliphatic carbocycles. The van der Waals surface area contributed by atoms with E-state index in [1.165, 1.54) is 11.3 Å². The fraction of sp³-hybridized carbons (Fsp3) is 0.769. The van der Waals surface area contributed by atoms with Crippen LogP contribution in [0.15, 0.2) is 6.20 Å². The van der Waals surface area contributed by atoms with Crippen molar-refractivity contribution in [3.63, 3.8) is 0 Å². The lowest BCUT2D eigenvalue weighted by molar-refractivity contribution is 0.551. The molecular weight excluding hydrogens is 198 g/mol. The number of likely N-dealkylation sites (N-methyl/N-ethyl adjacent to an activating group) is 1. The van der Waals surface area contributed by atoms with E-state index in [2.05, 4.69) is 42.8 Å². The van der Waals surface area contributed by atoms with Gasteiger partial charge in [0.1, 0.15) is 0 Å². The fourth-order valence-corrected chi connectivity index (χ4v) is 1.95. The van der Waals surface area contributed by atoms with Crippen LogP contribution in [0.2, 0.25) is 0 Å². The maximum atomic E-state index is 4.46. The van der Waals surface area contributed by atoms with Crippen molar-refractivity contribution in [3.8, 4) is 0 Å². The first-order valence-electron chi connectivity index (χ1n) is 6.29. The van der Waals surface area contributed by atoms with Gasteiger partial charge in [0.25, 0.3) is 0 Å². The highest BCUT2D eigenvalue weighted by Crippen LogP contribution is 2.15. The van der Waals surface area contributed by atoms with E-state index in [-0.39, 0.29) is 0 Å². The van der Waals surface area contributed by atoms with Crippen LogP contribution in [0.25, 0.3) is 0 Å². The number of hydrogen-bond donors (Lipinski definition) is 1. The molecule has 1 unspecified atom stereocenters. The third-order valence-electron chi connectivity index (χ3n) is 2.96. The summed E-state index contributed by atoms with van der Waals surface area (Å²) in [5.41, 5.74) is 2.82. The van der Waals surface area contributed by atoms with Crippen LogP contribution in [0.5, 0.6) is 0 Å². The van der Waals surface area contributed by atoms with E-state index in [0.29, 0.717) is 12.0 Å². The smallest absolute Gasteiger partial charge is 0.0525 e. The number of nitrogens with zero attached hydrogens (tertiary/aromatic N) is 2. The minimum absolute atomic E-state index is 0.514. The maximum Gasteiger partial charge on any atom is 0.0525 e. The van der Waals surface area contributed by atoms with E-state index in [1.54, 1.807) is 0 Å². The van der Waals surface area contributed by atoms with Crippen molar-refractivity contribution in [1.82, 2.24) is 15.1 Å². The summed E-state index contributed by atoms with van der Waals surface area (Å²) in [5.74, 6) is 0.686. The van der Waals surface area contributed by atoms with Crippen LogP contribution < -0.4 is 5.32 Å². The lowest BCUT2D eigenvalue weighted by Gasteiger charge is -2.13. The molecule has 0 aliphatic rings. The molecule has 3 nitrogen and oxygen atoms in total. The highest BCUT2D eigenvalue weighted by Gasteiger charge is 2.13. The summed E-state index contributed by atoms with van der Waals surface area (Å²) in [6, 6.07) is 0.514. The first-order valence-corrected chi connectivity index (χ1v) is 6.29. The number of aryl methyl sites for hydroxylation is 1. The Morgan fingerprint density at radius 3 is 2.50 bits per heavy atom. The van der Waals surface area contributed by atoms with Gasteiger partial charge >= 0.3 is 0 Å². The van der Waals surface area contributed by atoms with Gasteiger partial charge in [0.05, 0.1) is 6.20 Å². The average molecular weight is 223 g/mol. The molecule has 0 saturated heterocycles. The van der Waals surface area contributed by atoms with Gasteiger partial charge in [-0.15, -0.1) is 0 Å². The van der Waals surface area contributed by atoms with Crippen LogP contribution in [0.4, 0.5) is 0 Å². The molecule has 0 spiro atoms. The van der Waals surface area contributed by atoms with Crippen LogP contribution in [0, 0.1) is 5.92 Å². The van der Waals surface area contributed by atoms with Crippen LogP contribution >= 0.6 is 0 Å². The predicted octanol–water partition coefficient (Wildman–Crippen LogP) is 2.25. The molecular formula is C13H25N3. The molecule has 0 aromatic carbocycles. The maximum absolute atomic E-state index is 4.46. The van der Waals surface area contributed by atoms with Gasteiger partial charge in [-0.2, -0.15) is 5.10 Å². The molecule has 0 aliphatic heterocycles. The van der Waals surface area contributed by atoms with E-state index in [0.717, 1.165) is 19.4 Å². The molecule has 1 heterocycles. The van der Waals surface area contributed by atoms with Crippen LogP contribution in [-0.4, -0.2) is 22.9 Å². The van der Waals surface area contributed by atoms with Crippen molar-refractivity contribution in [1.29, 1.82) is 0 Å². The van der Waals surface area contributed by atoms with Crippen molar-refractivity contribution in [2.45, 2.75) is 53.1 Å².